The maximum Gasteiger partial charge on any atom is 0.294 e. The summed E-state index contributed by atoms with van der Waals surface area (Å²) in [5.74, 6) is -1.39. The molecule has 0 radical (unpaired) electrons. The number of aliphatic hydroxyl groups excluding tert-OH is 1. The lowest BCUT2D eigenvalue weighted by atomic mass is 9.94. The van der Waals surface area contributed by atoms with Crippen molar-refractivity contribution in [3.05, 3.63) is 89.6 Å². The van der Waals surface area contributed by atoms with Crippen LogP contribution in [-0.4, -0.2) is 29.0 Å². The van der Waals surface area contributed by atoms with E-state index in [1.54, 1.807) is 42.5 Å². The molecule has 0 bridgehead atoms. The van der Waals surface area contributed by atoms with Gasteiger partial charge in [0, 0.05) is 11.8 Å². The molecular weight excluding hydrogens is 374 g/mol. The van der Waals surface area contributed by atoms with Gasteiger partial charge in [-0.3, -0.25) is 14.5 Å². The van der Waals surface area contributed by atoms with Crippen molar-refractivity contribution < 1.29 is 29.0 Å². The van der Waals surface area contributed by atoms with Crippen molar-refractivity contribution in [3.63, 3.8) is 0 Å². The standard InChI is InChI=1S/C22H17NO6/c1-28-16-5-2-4-14(12-16)23-19(13-7-9-15(24)10-8-13)18(21(26)22(23)27)20(25)17-6-3-11-29-17/h2-12,19,24,26H,1H3. The van der Waals surface area contributed by atoms with Gasteiger partial charge < -0.3 is 19.4 Å². The molecule has 1 atom stereocenters. The summed E-state index contributed by atoms with van der Waals surface area (Å²) in [5, 5.41) is 20.3. The number of rotatable bonds is 5. The van der Waals surface area contributed by atoms with Gasteiger partial charge in [0.2, 0.25) is 5.78 Å². The fraction of sp³-hybridized carbons (Fsp3) is 0.0909. The first kappa shape index (κ1) is 18.4. The second kappa shape index (κ2) is 7.20. The van der Waals surface area contributed by atoms with E-state index in [0.717, 1.165) is 0 Å². The van der Waals surface area contributed by atoms with Crippen LogP contribution in [0.3, 0.4) is 0 Å². The Morgan fingerprint density at radius 3 is 2.48 bits per heavy atom. The van der Waals surface area contributed by atoms with E-state index in [1.165, 1.54) is 36.5 Å². The minimum absolute atomic E-state index is 0.00983. The van der Waals surface area contributed by atoms with Crippen molar-refractivity contribution in [2.45, 2.75) is 6.04 Å². The van der Waals surface area contributed by atoms with Crippen molar-refractivity contribution in [1.29, 1.82) is 0 Å². The second-order valence-corrected chi connectivity index (χ2v) is 6.44. The van der Waals surface area contributed by atoms with Gasteiger partial charge >= 0.3 is 0 Å². The SMILES string of the molecule is COc1cccc(N2C(=O)C(O)=C(C(=O)c3ccco3)C2c2ccc(O)cc2)c1. The number of benzene rings is 2. The number of aliphatic hydroxyl groups is 1. The van der Waals surface area contributed by atoms with Gasteiger partial charge in [-0.15, -0.1) is 0 Å². The number of phenolic OH excluding ortho intramolecular Hbond substituents is 1. The third-order valence-electron chi connectivity index (χ3n) is 4.74. The molecule has 4 rings (SSSR count). The van der Waals surface area contributed by atoms with E-state index >= 15 is 0 Å². The van der Waals surface area contributed by atoms with Crippen LogP contribution in [-0.2, 0) is 4.79 Å². The minimum Gasteiger partial charge on any atom is -0.508 e. The molecule has 1 amide bonds. The lowest BCUT2D eigenvalue weighted by molar-refractivity contribution is -0.117. The van der Waals surface area contributed by atoms with Gasteiger partial charge in [0.15, 0.2) is 11.5 Å². The van der Waals surface area contributed by atoms with Crippen molar-refractivity contribution in [1.82, 2.24) is 0 Å². The largest absolute Gasteiger partial charge is 0.508 e. The lowest BCUT2D eigenvalue weighted by Crippen LogP contribution is -2.31. The Bertz CT molecular complexity index is 1100. The van der Waals surface area contributed by atoms with Crippen LogP contribution in [0.5, 0.6) is 11.5 Å². The Kier molecular flexibility index (Phi) is 4.56. The number of hydrogen-bond donors (Lipinski definition) is 2. The van der Waals surface area contributed by atoms with Gasteiger partial charge in [0.25, 0.3) is 5.91 Å². The van der Waals surface area contributed by atoms with Crippen LogP contribution < -0.4 is 9.64 Å². The summed E-state index contributed by atoms with van der Waals surface area (Å²) < 4.78 is 10.4. The molecule has 7 heteroatoms. The first-order valence-corrected chi connectivity index (χ1v) is 8.79. The molecule has 1 aromatic heterocycles. The number of ketones is 1. The smallest absolute Gasteiger partial charge is 0.294 e. The number of Topliss-reactive ketones (excluding diaryl/α,β-unsaturated/α-hetero) is 1. The zero-order chi connectivity index (χ0) is 20.5. The quantitative estimate of drug-likeness (QED) is 0.642. The predicted molar refractivity (Wildman–Crippen MR) is 104 cm³/mol. The van der Waals surface area contributed by atoms with E-state index in [1.807, 2.05) is 0 Å². The zero-order valence-corrected chi connectivity index (χ0v) is 15.4. The predicted octanol–water partition coefficient (Wildman–Crippen LogP) is 3.78. The van der Waals surface area contributed by atoms with Crippen molar-refractivity contribution in [2.24, 2.45) is 0 Å². The average Bonchev–Trinajstić information content (AvgIpc) is 3.36. The topological polar surface area (TPSA) is 100 Å². The number of anilines is 1. The summed E-state index contributed by atoms with van der Waals surface area (Å²) in [4.78, 5) is 27.4. The number of carbonyl (C=O) groups excluding carboxylic acids is 2. The Balaban J connectivity index is 1.88. The molecule has 1 aliphatic heterocycles. The highest BCUT2D eigenvalue weighted by Gasteiger charge is 2.45. The normalized spacial score (nSPS) is 16.4. The minimum atomic E-state index is -0.909. The fourth-order valence-electron chi connectivity index (χ4n) is 3.38. The lowest BCUT2D eigenvalue weighted by Gasteiger charge is -2.27. The molecular formula is C22H17NO6. The van der Waals surface area contributed by atoms with Crippen molar-refractivity contribution in [2.75, 3.05) is 12.0 Å². The molecule has 2 aromatic carbocycles. The van der Waals surface area contributed by atoms with E-state index < -0.39 is 23.5 Å². The summed E-state index contributed by atoms with van der Waals surface area (Å²) >= 11 is 0. The monoisotopic (exact) mass is 391 g/mol. The van der Waals surface area contributed by atoms with Gasteiger partial charge in [-0.25, -0.2) is 0 Å². The van der Waals surface area contributed by atoms with Crippen LogP contribution in [0.2, 0.25) is 0 Å². The van der Waals surface area contributed by atoms with E-state index in [-0.39, 0.29) is 17.1 Å². The van der Waals surface area contributed by atoms with E-state index in [9.17, 15) is 19.8 Å². The number of nitrogens with zero attached hydrogens (tertiary/aromatic N) is 1. The van der Waals surface area contributed by atoms with E-state index in [0.29, 0.717) is 17.0 Å². The first-order chi connectivity index (χ1) is 14.0. The van der Waals surface area contributed by atoms with Gasteiger partial charge in [-0.1, -0.05) is 18.2 Å². The number of phenols is 1. The molecule has 2 N–H and O–H groups in total. The van der Waals surface area contributed by atoms with Gasteiger partial charge in [0.05, 0.1) is 25.0 Å². The van der Waals surface area contributed by atoms with Gasteiger partial charge in [-0.2, -0.15) is 0 Å². The van der Waals surface area contributed by atoms with Crippen LogP contribution in [0.1, 0.15) is 22.2 Å². The third kappa shape index (κ3) is 3.12. The number of carbonyl (C=O) groups is 2. The molecule has 0 spiro atoms. The molecule has 146 valence electrons. The number of methoxy groups -OCH3 is 1. The molecule has 29 heavy (non-hydrogen) atoms. The first-order valence-electron chi connectivity index (χ1n) is 8.79. The number of hydrogen-bond acceptors (Lipinski definition) is 6. The molecule has 1 aliphatic rings. The molecule has 1 unspecified atom stereocenters. The summed E-state index contributed by atoms with van der Waals surface area (Å²) in [6.45, 7) is 0. The molecule has 3 aromatic rings. The maximum absolute atomic E-state index is 13.1. The number of ether oxygens (including phenoxy) is 1. The summed E-state index contributed by atoms with van der Waals surface area (Å²) in [6, 6.07) is 14.9. The Hall–Kier alpha value is -4.00. The average molecular weight is 391 g/mol. The highest BCUT2D eigenvalue weighted by atomic mass is 16.5. The van der Waals surface area contributed by atoms with Crippen molar-refractivity contribution >= 4 is 17.4 Å². The summed E-state index contributed by atoms with van der Waals surface area (Å²) in [5.41, 5.74) is 0.887. The molecule has 0 aliphatic carbocycles. The second-order valence-electron chi connectivity index (χ2n) is 6.44. The molecule has 0 saturated heterocycles. The van der Waals surface area contributed by atoms with E-state index in [2.05, 4.69) is 0 Å². The summed E-state index contributed by atoms with van der Waals surface area (Å²) in [6.07, 6.45) is 1.34. The van der Waals surface area contributed by atoms with Crippen LogP contribution in [0.4, 0.5) is 5.69 Å². The maximum atomic E-state index is 13.1. The van der Waals surface area contributed by atoms with Crippen LogP contribution >= 0.6 is 0 Å². The van der Waals surface area contributed by atoms with E-state index in [4.69, 9.17) is 9.15 Å². The molecule has 2 heterocycles. The molecule has 0 fully saturated rings. The number of aromatic hydroxyl groups is 1. The van der Waals surface area contributed by atoms with Crippen LogP contribution in [0.25, 0.3) is 0 Å². The Morgan fingerprint density at radius 1 is 1.07 bits per heavy atom. The Morgan fingerprint density at radius 2 is 1.83 bits per heavy atom. The molecule has 7 nitrogen and oxygen atoms in total. The van der Waals surface area contributed by atoms with Gasteiger partial charge in [0.1, 0.15) is 11.5 Å². The fourth-order valence-corrected chi connectivity index (χ4v) is 3.38. The van der Waals surface area contributed by atoms with Crippen LogP contribution in [0.15, 0.2) is 82.7 Å². The van der Waals surface area contributed by atoms with Crippen molar-refractivity contribution in [3.8, 4) is 11.5 Å². The van der Waals surface area contributed by atoms with Crippen LogP contribution in [0, 0.1) is 0 Å². The highest BCUT2D eigenvalue weighted by Crippen LogP contribution is 2.42. The number of amides is 1. The Labute approximate surface area is 166 Å². The summed E-state index contributed by atoms with van der Waals surface area (Å²) in [7, 11) is 1.50. The number of furan rings is 1. The van der Waals surface area contributed by atoms with Gasteiger partial charge in [-0.05, 0) is 42.0 Å². The zero-order valence-electron chi connectivity index (χ0n) is 15.4. The highest BCUT2D eigenvalue weighted by molar-refractivity contribution is 6.20. The third-order valence-corrected chi connectivity index (χ3v) is 4.74. The molecule has 0 saturated carbocycles.